The summed E-state index contributed by atoms with van der Waals surface area (Å²) in [6.45, 7) is 0.265. The first kappa shape index (κ1) is 10.5. The lowest BCUT2D eigenvalue weighted by Crippen LogP contribution is -2.28. The fraction of sp³-hybridized carbons (Fsp3) is 1.00. The molecule has 0 saturated heterocycles. The number of halogens is 2. The molecule has 0 aliphatic heterocycles. The Morgan fingerprint density at radius 2 is 1.80 bits per heavy atom. The van der Waals surface area contributed by atoms with E-state index in [-0.39, 0.29) is 24.1 Å². The lowest BCUT2D eigenvalue weighted by molar-refractivity contribution is 0.585. The van der Waals surface area contributed by atoms with Gasteiger partial charge in [-0.2, -0.15) is 0 Å². The van der Waals surface area contributed by atoms with Crippen molar-refractivity contribution in [1.29, 1.82) is 0 Å². The zero-order chi connectivity index (χ0) is 8.04. The first-order valence-corrected chi connectivity index (χ1v) is 5.44. The second-order valence-corrected chi connectivity index (χ2v) is 4.27. The highest BCUT2D eigenvalue weighted by atomic mass is 35.5. The van der Waals surface area contributed by atoms with Crippen molar-refractivity contribution in [2.45, 2.75) is 0 Å². The van der Waals surface area contributed by atoms with E-state index in [4.69, 9.17) is 23.2 Å². The van der Waals surface area contributed by atoms with Gasteiger partial charge in [0, 0.05) is 18.3 Å². The van der Waals surface area contributed by atoms with Crippen molar-refractivity contribution in [3.63, 3.8) is 0 Å². The van der Waals surface area contributed by atoms with Crippen LogP contribution in [0.4, 0.5) is 0 Å². The highest BCUT2D eigenvalue weighted by molar-refractivity contribution is 7.89. The van der Waals surface area contributed by atoms with Crippen molar-refractivity contribution < 1.29 is 8.42 Å². The second kappa shape index (κ2) is 5.18. The molecule has 0 amide bonds. The van der Waals surface area contributed by atoms with Gasteiger partial charge in [0.1, 0.15) is 0 Å². The van der Waals surface area contributed by atoms with Crippen LogP contribution in [-0.4, -0.2) is 32.5 Å². The molecule has 0 aromatic carbocycles. The van der Waals surface area contributed by atoms with Gasteiger partial charge in [-0.25, -0.2) is 13.1 Å². The SMILES string of the molecule is O=S(=O)(CCCl)NCCCl. The zero-order valence-electron chi connectivity index (χ0n) is 5.31. The molecule has 62 valence electrons. The Morgan fingerprint density at radius 1 is 1.20 bits per heavy atom. The molecule has 0 aliphatic carbocycles. The largest absolute Gasteiger partial charge is 0.214 e. The van der Waals surface area contributed by atoms with Crippen LogP contribution in [0.25, 0.3) is 0 Å². The molecule has 0 aromatic heterocycles. The number of rotatable bonds is 5. The molecule has 0 heterocycles. The Bertz CT molecular complexity index is 168. The minimum absolute atomic E-state index is 0.0502. The van der Waals surface area contributed by atoms with E-state index in [2.05, 4.69) is 4.72 Å². The maximum atomic E-state index is 10.7. The molecule has 0 unspecified atom stereocenters. The van der Waals surface area contributed by atoms with Crippen LogP contribution in [-0.2, 0) is 10.0 Å². The van der Waals surface area contributed by atoms with Crippen LogP contribution in [0.2, 0.25) is 0 Å². The van der Waals surface area contributed by atoms with Crippen LogP contribution in [0.15, 0.2) is 0 Å². The first-order valence-electron chi connectivity index (χ1n) is 2.71. The molecule has 0 atom stereocenters. The summed E-state index contributed by atoms with van der Waals surface area (Å²) in [6.07, 6.45) is 0. The topological polar surface area (TPSA) is 46.2 Å². The van der Waals surface area contributed by atoms with Crippen molar-refractivity contribution in [3.05, 3.63) is 0 Å². The average Bonchev–Trinajstić information content (AvgIpc) is 1.84. The summed E-state index contributed by atoms with van der Waals surface area (Å²) in [5.74, 6) is 0.338. The van der Waals surface area contributed by atoms with E-state index in [1.54, 1.807) is 0 Å². The van der Waals surface area contributed by atoms with Gasteiger partial charge in [0.2, 0.25) is 10.0 Å². The Balaban J connectivity index is 3.65. The number of hydrogen-bond donors (Lipinski definition) is 1. The monoisotopic (exact) mass is 205 g/mol. The third-order valence-electron chi connectivity index (χ3n) is 0.762. The van der Waals surface area contributed by atoms with Crippen molar-refractivity contribution in [1.82, 2.24) is 4.72 Å². The Morgan fingerprint density at radius 3 is 2.20 bits per heavy atom. The summed E-state index contributed by atoms with van der Waals surface area (Å²) in [7, 11) is -3.16. The fourth-order valence-corrected chi connectivity index (χ4v) is 1.94. The lowest BCUT2D eigenvalue weighted by Gasteiger charge is -2.00. The molecule has 0 aromatic rings. The summed E-state index contributed by atoms with van der Waals surface area (Å²) in [5, 5.41) is 0. The summed E-state index contributed by atoms with van der Waals surface area (Å²) >= 11 is 10.5. The summed E-state index contributed by atoms with van der Waals surface area (Å²) in [5.41, 5.74) is 0. The molecule has 0 saturated carbocycles. The Hall–Kier alpha value is 0.490. The molecule has 6 heteroatoms. The van der Waals surface area contributed by atoms with Crippen molar-refractivity contribution in [2.24, 2.45) is 0 Å². The molecule has 0 radical (unpaired) electrons. The van der Waals surface area contributed by atoms with Gasteiger partial charge in [-0.15, -0.1) is 23.2 Å². The van der Waals surface area contributed by atoms with E-state index in [9.17, 15) is 8.42 Å². The average molecular weight is 206 g/mol. The highest BCUT2D eigenvalue weighted by Crippen LogP contribution is 1.86. The van der Waals surface area contributed by atoms with Crippen LogP contribution >= 0.6 is 23.2 Å². The van der Waals surface area contributed by atoms with Crippen LogP contribution < -0.4 is 4.72 Å². The molecular formula is C4H9Cl2NO2S. The number of hydrogen-bond acceptors (Lipinski definition) is 2. The minimum Gasteiger partial charge on any atom is -0.214 e. The molecule has 3 nitrogen and oxygen atoms in total. The van der Waals surface area contributed by atoms with E-state index in [1.807, 2.05) is 0 Å². The highest BCUT2D eigenvalue weighted by Gasteiger charge is 2.06. The molecule has 0 fully saturated rings. The molecule has 0 bridgehead atoms. The van der Waals surface area contributed by atoms with Crippen LogP contribution in [0.3, 0.4) is 0 Å². The Labute approximate surface area is 70.8 Å². The van der Waals surface area contributed by atoms with E-state index in [0.717, 1.165) is 0 Å². The van der Waals surface area contributed by atoms with E-state index in [0.29, 0.717) is 0 Å². The minimum atomic E-state index is -3.16. The second-order valence-electron chi connectivity index (χ2n) is 1.59. The van der Waals surface area contributed by atoms with Crippen LogP contribution in [0.5, 0.6) is 0 Å². The molecular weight excluding hydrogens is 197 g/mol. The third kappa shape index (κ3) is 5.29. The lowest BCUT2D eigenvalue weighted by atomic mass is 10.8. The Kier molecular flexibility index (Phi) is 5.44. The van der Waals surface area contributed by atoms with Gasteiger partial charge < -0.3 is 0 Å². The fourth-order valence-electron chi connectivity index (χ4n) is 0.368. The maximum absolute atomic E-state index is 10.7. The van der Waals surface area contributed by atoms with Gasteiger partial charge in [-0.3, -0.25) is 0 Å². The van der Waals surface area contributed by atoms with E-state index >= 15 is 0 Å². The third-order valence-corrected chi connectivity index (χ3v) is 2.75. The van der Waals surface area contributed by atoms with E-state index < -0.39 is 10.0 Å². The van der Waals surface area contributed by atoms with E-state index in [1.165, 1.54) is 0 Å². The normalized spacial score (nSPS) is 11.8. The molecule has 10 heavy (non-hydrogen) atoms. The maximum Gasteiger partial charge on any atom is 0.212 e. The van der Waals surface area contributed by atoms with Gasteiger partial charge >= 0.3 is 0 Å². The number of nitrogens with one attached hydrogen (secondary N) is 1. The van der Waals surface area contributed by atoms with Crippen LogP contribution in [0.1, 0.15) is 0 Å². The van der Waals surface area contributed by atoms with Gasteiger partial charge in [0.25, 0.3) is 0 Å². The van der Waals surface area contributed by atoms with Crippen molar-refractivity contribution >= 4 is 33.2 Å². The zero-order valence-corrected chi connectivity index (χ0v) is 7.64. The van der Waals surface area contributed by atoms with Gasteiger partial charge in [0.15, 0.2) is 0 Å². The van der Waals surface area contributed by atoms with Crippen molar-refractivity contribution in [3.8, 4) is 0 Å². The summed E-state index contributed by atoms with van der Waals surface area (Å²) in [4.78, 5) is 0. The molecule has 0 spiro atoms. The van der Waals surface area contributed by atoms with Crippen LogP contribution in [0, 0.1) is 0 Å². The quantitative estimate of drug-likeness (QED) is 0.661. The number of sulfonamides is 1. The molecule has 0 rings (SSSR count). The molecule has 0 aliphatic rings. The first-order chi connectivity index (χ1) is 4.62. The number of alkyl halides is 2. The summed E-state index contributed by atoms with van der Waals surface area (Å²) in [6, 6.07) is 0. The van der Waals surface area contributed by atoms with Crippen molar-refractivity contribution in [2.75, 3.05) is 24.1 Å². The summed E-state index contributed by atoms with van der Waals surface area (Å²) < 4.78 is 23.7. The standard InChI is InChI=1S/C4H9Cl2NO2S/c5-1-3-7-10(8,9)4-2-6/h7H,1-4H2. The smallest absolute Gasteiger partial charge is 0.212 e. The van der Waals surface area contributed by atoms with Gasteiger partial charge in [-0.05, 0) is 0 Å². The predicted octanol–water partition coefficient (Wildman–Crippen LogP) is 0.383. The van der Waals surface area contributed by atoms with Gasteiger partial charge in [0.05, 0.1) is 5.75 Å². The van der Waals surface area contributed by atoms with Gasteiger partial charge in [-0.1, -0.05) is 0 Å². The predicted molar refractivity (Wildman–Crippen MR) is 43.2 cm³/mol. The molecule has 1 N–H and O–H groups in total.